The molecule has 0 spiro atoms. The third kappa shape index (κ3) is 84.3. The fraction of sp³-hybridized carbons (Fsp3) is 0.957. The lowest BCUT2D eigenvalue weighted by Gasteiger charge is -2.21. The van der Waals surface area contributed by atoms with E-state index in [1.54, 1.807) is 0 Å². The van der Waals surface area contributed by atoms with Crippen LogP contribution in [-0.2, 0) is 65.4 Å². The minimum absolute atomic E-state index is 0.108. The molecule has 0 aliphatic rings. The van der Waals surface area contributed by atoms with Crippen LogP contribution in [0.5, 0.6) is 0 Å². The number of carbonyl (C=O) groups excluding carboxylic acids is 4. The molecule has 0 radical (unpaired) electrons. The number of carbonyl (C=O) groups is 4. The largest absolute Gasteiger partial charge is 0.472 e. The van der Waals surface area contributed by atoms with Crippen molar-refractivity contribution in [2.45, 2.75) is 510 Å². The average molecular weight is 1620 g/mol. The predicted octanol–water partition coefficient (Wildman–Crippen LogP) is 28.4. The van der Waals surface area contributed by atoms with Crippen molar-refractivity contribution >= 4 is 39.5 Å². The zero-order valence-electron chi connectivity index (χ0n) is 73.4. The van der Waals surface area contributed by atoms with Crippen LogP contribution in [0.4, 0.5) is 0 Å². The maximum atomic E-state index is 13.2. The summed E-state index contributed by atoms with van der Waals surface area (Å²) in [6, 6.07) is 0. The number of hydrogen-bond acceptors (Lipinski definition) is 15. The van der Waals surface area contributed by atoms with Gasteiger partial charge in [-0.15, -0.1) is 0 Å². The van der Waals surface area contributed by atoms with E-state index >= 15 is 0 Å². The zero-order valence-corrected chi connectivity index (χ0v) is 75.2. The van der Waals surface area contributed by atoms with Crippen LogP contribution >= 0.6 is 15.6 Å². The van der Waals surface area contributed by atoms with Crippen LogP contribution in [0.1, 0.15) is 492 Å². The summed E-state index contributed by atoms with van der Waals surface area (Å²) < 4.78 is 69.0. The highest BCUT2D eigenvalue weighted by Gasteiger charge is 2.31. The van der Waals surface area contributed by atoms with E-state index in [-0.39, 0.29) is 25.7 Å². The number of phosphoric acid groups is 2. The van der Waals surface area contributed by atoms with Gasteiger partial charge in [-0.2, -0.15) is 0 Å². The first-order valence-corrected chi connectivity index (χ1v) is 50.4. The quantitative estimate of drug-likeness (QED) is 0.0222. The van der Waals surface area contributed by atoms with E-state index in [0.717, 1.165) is 108 Å². The van der Waals surface area contributed by atoms with Gasteiger partial charge < -0.3 is 33.8 Å². The summed E-state index contributed by atoms with van der Waals surface area (Å²) in [5.41, 5.74) is 0. The van der Waals surface area contributed by atoms with E-state index in [1.807, 2.05) is 0 Å². The lowest BCUT2D eigenvalue weighted by Crippen LogP contribution is -2.30. The molecule has 0 saturated carbocycles. The summed E-state index contributed by atoms with van der Waals surface area (Å²) in [6.07, 6.45) is 75.1. The van der Waals surface area contributed by atoms with Crippen LogP contribution in [0.3, 0.4) is 0 Å². The normalized spacial score (nSPS) is 14.0. The Kier molecular flexibility index (Phi) is 80.4. The van der Waals surface area contributed by atoms with Gasteiger partial charge in [-0.3, -0.25) is 37.3 Å². The van der Waals surface area contributed by atoms with Gasteiger partial charge in [-0.1, -0.05) is 440 Å². The fourth-order valence-electron chi connectivity index (χ4n) is 14.4. The Morgan fingerprint density at radius 1 is 0.261 bits per heavy atom. The van der Waals surface area contributed by atoms with Crippen molar-refractivity contribution in [1.82, 2.24) is 0 Å². The molecule has 0 rings (SSSR count). The number of ether oxygens (including phenoxy) is 4. The van der Waals surface area contributed by atoms with Crippen molar-refractivity contribution in [1.29, 1.82) is 0 Å². The Hall–Kier alpha value is -1.94. The molecule has 0 aliphatic heterocycles. The predicted molar refractivity (Wildman–Crippen MR) is 460 cm³/mol. The van der Waals surface area contributed by atoms with Crippen LogP contribution in [-0.4, -0.2) is 96.7 Å². The Labute approximate surface area is 683 Å². The lowest BCUT2D eigenvalue weighted by molar-refractivity contribution is -0.161. The van der Waals surface area contributed by atoms with Crippen molar-refractivity contribution in [2.75, 3.05) is 39.6 Å². The smallest absolute Gasteiger partial charge is 0.462 e. The van der Waals surface area contributed by atoms with Gasteiger partial charge >= 0.3 is 39.5 Å². The van der Waals surface area contributed by atoms with Gasteiger partial charge in [0.15, 0.2) is 12.2 Å². The van der Waals surface area contributed by atoms with Gasteiger partial charge in [-0.25, -0.2) is 9.13 Å². The number of phosphoric ester groups is 2. The van der Waals surface area contributed by atoms with Crippen LogP contribution in [0.15, 0.2) is 0 Å². The van der Waals surface area contributed by atoms with E-state index in [2.05, 4.69) is 48.5 Å². The van der Waals surface area contributed by atoms with Crippen molar-refractivity contribution in [3.63, 3.8) is 0 Å². The second kappa shape index (κ2) is 81.8. The fourth-order valence-corrected chi connectivity index (χ4v) is 16.0. The number of hydrogen-bond donors (Lipinski definition) is 3. The van der Waals surface area contributed by atoms with Gasteiger partial charge in [0, 0.05) is 25.7 Å². The molecule has 0 aromatic heterocycles. The third-order valence-electron chi connectivity index (χ3n) is 22.0. The molecular weight excluding hydrogens is 1440 g/mol. The molecule has 660 valence electrons. The van der Waals surface area contributed by atoms with E-state index in [1.165, 1.54) is 302 Å². The molecule has 17 nitrogen and oxygen atoms in total. The Morgan fingerprint density at radius 2 is 0.459 bits per heavy atom. The van der Waals surface area contributed by atoms with Crippen molar-refractivity contribution in [3.05, 3.63) is 0 Å². The number of aliphatic hydroxyl groups excluding tert-OH is 1. The van der Waals surface area contributed by atoms with Crippen LogP contribution in [0.2, 0.25) is 0 Å². The number of esters is 4. The highest BCUT2D eigenvalue weighted by atomic mass is 31.2. The monoisotopic (exact) mass is 1620 g/mol. The van der Waals surface area contributed by atoms with Gasteiger partial charge in [0.2, 0.25) is 0 Å². The van der Waals surface area contributed by atoms with Crippen LogP contribution in [0, 0.1) is 17.8 Å². The molecule has 111 heavy (non-hydrogen) atoms. The van der Waals surface area contributed by atoms with Crippen molar-refractivity contribution < 1.29 is 80.2 Å². The maximum Gasteiger partial charge on any atom is 0.472 e. The Balaban J connectivity index is 5.19. The summed E-state index contributed by atoms with van der Waals surface area (Å²) in [6.45, 7) is 12.1. The number of rotatable bonds is 90. The molecule has 0 aromatic carbocycles. The molecule has 0 aliphatic carbocycles. The second-order valence-electron chi connectivity index (χ2n) is 34.2. The minimum atomic E-state index is -4.97. The highest BCUT2D eigenvalue weighted by Crippen LogP contribution is 2.45. The topological polar surface area (TPSA) is 237 Å². The molecule has 0 saturated heterocycles. The molecule has 0 amide bonds. The van der Waals surface area contributed by atoms with Crippen LogP contribution in [0.25, 0.3) is 0 Å². The first-order valence-electron chi connectivity index (χ1n) is 47.4. The number of aliphatic hydroxyl groups is 1. The molecule has 19 heteroatoms. The van der Waals surface area contributed by atoms with E-state index in [4.69, 9.17) is 37.0 Å². The third-order valence-corrected chi connectivity index (χ3v) is 23.9. The minimum Gasteiger partial charge on any atom is -0.462 e. The van der Waals surface area contributed by atoms with E-state index < -0.39 is 97.5 Å². The van der Waals surface area contributed by atoms with Crippen molar-refractivity contribution in [3.8, 4) is 0 Å². The molecule has 0 aromatic rings. The van der Waals surface area contributed by atoms with Gasteiger partial charge in [-0.05, 0) is 43.4 Å². The van der Waals surface area contributed by atoms with Gasteiger partial charge in [0.25, 0.3) is 0 Å². The summed E-state index contributed by atoms with van der Waals surface area (Å²) in [5.74, 6) is 0.405. The first-order chi connectivity index (χ1) is 53.8. The number of unbranched alkanes of at least 4 members (excludes halogenated alkanes) is 57. The van der Waals surface area contributed by atoms with Gasteiger partial charge in [0.05, 0.1) is 26.4 Å². The lowest BCUT2D eigenvalue weighted by atomic mass is 9.99. The summed E-state index contributed by atoms with van der Waals surface area (Å²) in [5, 5.41) is 10.7. The average Bonchev–Trinajstić information content (AvgIpc) is 0.898. The van der Waals surface area contributed by atoms with Gasteiger partial charge in [0.1, 0.15) is 19.3 Å². The molecule has 3 unspecified atom stereocenters. The van der Waals surface area contributed by atoms with E-state index in [9.17, 15) is 43.2 Å². The SMILES string of the molecule is CCCCCCCCCCCC(=O)OC[C@H](COP(=O)(O)OC[C@H](O)COP(=O)(O)OC[C@@H](COC(=O)CCCCCCCCCCCCCCCCCCCCC(C)C)OC(=O)CCCCCCCCCCCCCCCCCCCCC(C)CC)OC(=O)CCCCCCCCCCCCCCCCCCC(C)C. The zero-order chi connectivity index (χ0) is 81.5. The molecule has 0 bridgehead atoms. The molecule has 3 N–H and O–H groups in total. The summed E-state index contributed by atoms with van der Waals surface area (Å²) in [4.78, 5) is 73.4. The molecule has 6 atom stereocenters. The maximum absolute atomic E-state index is 13.2. The molecule has 0 fully saturated rings. The summed E-state index contributed by atoms with van der Waals surface area (Å²) in [7, 11) is -9.93. The second-order valence-corrected chi connectivity index (χ2v) is 37.2. The first kappa shape index (κ1) is 109. The Bertz CT molecular complexity index is 2130. The van der Waals surface area contributed by atoms with Crippen molar-refractivity contribution in [2.24, 2.45) is 17.8 Å². The van der Waals surface area contributed by atoms with E-state index in [0.29, 0.717) is 25.7 Å². The standard InChI is InChI=1S/C92H180O17P2/c1-8-10-11-12-13-42-52-59-66-73-89(94)102-79-87(108-91(96)75-69-62-55-48-41-35-29-23-22-25-31-37-44-50-57-64-71-84(5)6)81-106-110(98,99)104-77-86(93)78-105-111(100,101)107-82-88(80-103-90(95)74-67-60-53-46-39-33-27-20-16-14-18-24-30-36-43-49-56-63-70-83(3)4)109-92(97)76-68-61-54-47-40-34-28-21-17-15-19-26-32-38-45-51-58-65-72-85(7)9-2/h83-88,93H,8-82H2,1-7H3,(H,98,99)(H,100,101)/t85?,86-,87+,88+/m0/s1. The molecule has 0 heterocycles. The Morgan fingerprint density at radius 3 is 0.685 bits per heavy atom. The molecular formula is C92H180O17P2. The van der Waals surface area contributed by atoms with Crippen LogP contribution < -0.4 is 0 Å². The summed E-state index contributed by atoms with van der Waals surface area (Å²) >= 11 is 0. The highest BCUT2D eigenvalue weighted by molar-refractivity contribution is 7.47.